The van der Waals surface area contributed by atoms with Crippen molar-refractivity contribution >= 4 is 0 Å². The molecule has 0 heterocycles. The zero-order valence-electron chi connectivity index (χ0n) is 18.7. The van der Waals surface area contributed by atoms with E-state index in [0.717, 1.165) is 25.7 Å². The predicted octanol–water partition coefficient (Wildman–Crippen LogP) is 7.19. The standard InChI is InChI=1S/C24H43NO2/c1-20(2)10-7-12-22(5)15-18-26-24(14-9-17-25)27-19-16-23(6)13-8-11-21(3)4/h10-11,22-24H,7-9,12-16,18-19H2,1-6H3. The Morgan fingerprint density at radius 1 is 0.778 bits per heavy atom. The van der Waals surface area contributed by atoms with E-state index in [-0.39, 0.29) is 6.29 Å². The van der Waals surface area contributed by atoms with Gasteiger partial charge in [0.05, 0.1) is 6.07 Å². The van der Waals surface area contributed by atoms with Gasteiger partial charge in [0.1, 0.15) is 0 Å². The molecule has 0 spiro atoms. The summed E-state index contributed by atoms with van der Waals surface area (Å²) in [7, 11) is 0. The summed E-state index contributed by atoms with van der Waals surface area (Å²) < 4.78 is 11.9. The molecule has 0 saturated heterocycles. The fourth-order valence-electron chi connectivity index (χ4n) is 2.80. The lowest BCUT2D eigenvalue weighted by molar-refractivity contribution is -0.149. The molecule has 0 radical (unpaired) electrons. The molecule has 0 rings (SSSR count). The van der Waals surface area contributed by atoms with Gasteiger partial charge in [-0.3, -0.25) is 0 Å². The highest BCUT2D eigenvalue weighted by atomic mass is 16.7. The lowest BCUT2D eigenvalue weighted by Gasteiger charge is -2.20. The quantitative estimate of drug-likeness (QED) is 0.211. The minimum atomic E-state index is -0.236. The molecule has 0 aliphatic carbocycles. The van der Waals surface area contributed by atoms with Gasteiger partial charge in [-0.1, -0.05) is 37.1 Å². The van der Waals surface area contributed by atoms with Gasteiger partial charge in [-0.25, -0.2) is 0 Å². The second kappa shape index (κ2) is 17.0. The molecule has 0 fully saturated rings. The lowest BCUT2D eigenvalue weighted by Crippen LogP contribution is -2.20. The monoisotopic (exact) mass is 377 g/mol. The Morgan fingerprint density at radius 2 is 1.22 bits per heavy atom. The smallest absolute Gasteiger partial charge is 0.158 e. The summed E-state index contributed by atoms with van der Waals surface area (Å²) in [5, 5.41) is 8.85. The van der Waals surface area contributed by atoms with Gasteiger partial charge in [-0.15, -0.1) is 0 Å². The summed E-state index contributed by atoms with van der Waals surface area (Å²) in [6.45, 7) is 14.6. The van der Waals surface area contributed by atoms with Gasteiger partial charge >= 0.3 is 0 Å². The number of nitriles is 1. The van der Waals surface area contributed by atoms with E-state index in [1.807, 2.05) is 0 Å². The molecule has 0 aromatic rings. The van der Waals surface area contributed by atoms with Gasteiger partial charge in [0.15, 0.2) is 6.29 Å². The van der Waals surface area contributed by atoms with Crippen LogP contribution in [0.5, 0.6) is 0 Å². The summed E-state index contributed by atoms with van der Waals surface area (Å²) in [5.41, 5.74) is 2.77. The van der Waals surface area contributed by atoms with Crippen LogP contribution in [0.4, 0.5) is 0 Å². The predicted molar refractivity (Wildman–Crippen MR) is 115 cm³/mol. The van der Waals surface area contributed by atoms with E-state index in [0.29, 0.717) is 37.9 Å². The van der Waals surface area contributed by atoms with Gasteiger partial charge in [-0.2, -0.15) is 5.26 Å². The van der Waals surface area contributed by atoms with Crippen LogP contribution in [0.2, 0.25) is 0 Å². The highest BCUT2D eigenvalue weighted by Crippen LogP contribution is 2.16. The first-order valence-electron chi connectivity index (χ1n) is 10.7. The fraction of sp³-hybridized carbons (Fsp3) is 0.792. The number of hydrogen-bond acceptors (Lipinski definition) is 3. The van der Waals surface area contributed by atoms with Crippen LogP contribution >= 0.6 is 0 Å². The molecule has 3 heteroatoms. The van der Waals surface area contributed by atoms with Crippen LogP contribution in [0.3, 0.4) is 0 Å². The SMILES string of the molecule is CC(C)=CCCC(C)CCOC(CCC#N)OCCC(C)CCC=C(C)C. The summed E-state index contributed by atoms with van der Waals surface area (Å²) in [6, 6.07) is 2.20. The zero-order chi connectivity index (χ0) is 20.5. The number of ether oxygens (including phenoxy) is 2. The second-order valence-electron chi connectivity index (χ2n) is 8.37. The molecule has 2 unspecified atom stereocenters. The van der Waals surface area contributed by atoms with Crippen molar-refractivity contribution in [3.8, 4) is 6.07 Å². The minimum absolute atomic E-state index is 0.236. The molecular formula is C24H43NO2. The van der Waals surface area contributed by atoms with E-state index in [1.54, 1.807) is 0 Å². The van der Waals surface area contributed by atoms with Gasteiger partial charge in [0.25, 0.3) is 0 Å². The summed E-state index contributed by atoms with van der Waals surface area (Å²) in [4.78, 5) is 0. The topological polar surface area (TPSA) is 42.2 Å². The van der Waals surface area contributed by atoms with Gasteiger partial charge in [0.2, 0.25) is 0 Å². The molecule has 0 bridgehead atoms. The third-order valence-electron chi connectivity index (χ3n) is 4.74. The van der Waals surface area contributed by atoms with Crippen molar-refractivity contribution in [1.29, 1.82) is 5.26 Å². The average Bonchev–Trinajstić information content (AvgIpc) is 2.58. The summed E-state index contributed by atoms with van der Waals surface area (Å²) >= 11 is 0. The van der Waals surface area contributed by atoms with E-state index in [4.69, 9.17) is 14.7 Å². The molecule has 3 nitrogen and oxygen atoms in total. The third-order valence-corrected chi connectivity index (χ3v) is 4.74. The molecule has 0 N–H and O–H groups in total. The van der Waals surface area contributed by atoms with Crippen LogP contribution in [-0.4, -0.2) is 19.5 Å². The van der Waals surface area contributed by atoms with E-state index in [1.165, 1.54) is 24.0 Å². The van der Waals surface area contributed by atoms with Crippen LogP contribution in [-0.2, 0) is 9.47 Å². The first-order chi connectivity index (χ1) is 12.8. The maximum Gasteiger partial charge on any atom is 0.158 e. The molecule has 0 aromatic carbocycles. The maximum absolute atomic E-state index is 8.85. The van der Waals surface area contributed by atoms with E-state index >= 15 is 0 Å². The molecule has 0 amide bonds. The van der Waals surface area contributed by atoms with Gasteiger partial charge in [0, 0.05) is 26.1 Å². The molecule has 156 valence electrons. The van der Waals surface area contributed by atoms with Crippen LogP contribution < -0.4 is 0 Å². The van der Waals surface area contributed by atoms with Gasteiger partial charge < -0.3 is 9.47 Å². The van der Waals surface area contributed by atoms with Crippen molar-refractivity contribution < 1.29 is 9.47 Å². The molecular weight excluding hydrogens is 334 g/mol. The van der Waals surface area contributed by atoms with Crippen LogP contribution in [0.15, 0.2) is 23.3 Å². The zero-order valence-corrected chi connectivity index (χ0v) is 18.7. The Balaban J connectivity index is 4.04. The molecule has 0 saturated carbocycles. The van der Waals surface area contributed by atoms with Crippen molar-refractivity contribution in [1.82, 2.24) is 0 Å². The number of rotatable bonds is 16. The van der Waals surface area contributed by atoms with E-state index in [9.17, 15) is 0 Å². The van der Waals surface area contributed by atoms with Crippen LogP contribution in [0, 0.1) is 23.2 Å². The summed E-state index contributed by atoms with van der Waals surface area (Å²) in [6.07, 6.45) is 12.3. The first-order valence-corrected chi connectivity index (χ1v) is 10.7. The number of allylic oxidation sites excluding steroid dienone is 4. The molecule has 0 aliphatic rings. The van der Waals surface area contributed by atoms with Gasteiger partial charge in [-0.05, 0) is 78.1 Å². The Hall–Kier alpha value is -1.11. The number of nitrogens with zero attached hydrogens (tertiary/aromatic N) is 1. The highest BCUT2D eigenvalue weighted by molar-refractivity contribution is 4.93. The maximum atomic E-state index is 8.85. The molecule has 2 atom stereocenters. The second-order valence-corrected chi connectivity index (χ2v) is 8.37. The number of hydrogen-bond donors (Lipinski definition) is 0. The Kier molecular flexibility index (Phi) is 16.3. The highest BCUT2D eigenvalue weighted by Gasteiger charge is 2.11. The van der Waals surface area contributed by atoms with Crippen molar-refractivity contribution in [2.75, 3.05) is 13.2 Å². The average molecular weight is 378 g/mol. The van der Waals surface area contributed by atoms with Crippen molar-refractivity contribution in [3.63, 3.8) is 0 Å². The Bertz CT molecular complexity index is 419. The first kappa shape index (κ1) is 25.9. The minimum Gasteiger partial charge on any atom is -0.353 e. The van der Waals surface area contributed by atoms with Crippen LogP contribution in [0.25, 0.3) is 0 Å². The third kappa shape index (κ3) is 18.0. The molecule has 27 heavy (non-hydrogen) atoms. The van der Waals surface area contributed by atoms with Crippen molar-refractivity contribution in [3.05, 3.63) is 23.3 Å². The molecule has 0 aromatic heterocycles. The largest absolute Gasteiger partial charge is 0.353 e. The Morgan fingerprint density at radius 3 is 1.59 bits per heavy atom. The lowest BCUT2D eigenvalue weighted by atomic mass is 10.0. The van der Waals surface area contributed by atoms with Crippen molar-refractivity contribution in [2.45, 2.75) is 99.2 Å². The fourth-order valence-corrected chi connectivity index (χ4v) is 2.80. The van der Waals surface area contributed by atoms with Crippen LogP contribution in [0.1, 0.15) is 92.9 Å². The molecule has 0 aliphatic heterocycles. The van der Waals surface area contributed by atoms with E-state index < -0.39 is 0 Å². The Labute approximate surface area is 168 Å². The van der Waals surface area contributed by atoms with E-state index in [2.05, 4.69) is 59.8 Å². The summed E-state index contributed by atoms with van der Waals surface area (Å²) in [5.74, 6) is 1.29. The normalized spacial score (nSPS) is 14.1. The van der Waals surface area contributed by atoms with Crippen molar-refractivity contribution in [2.24, 2.45) is 11.8 Å².